The highest BCUT2D eigenvalue weighted by Gasteiger charge is 2.15. The Morgan fingerprint density at radius 1 is 1.40 bits per heavy atom. The van der Waals surface area contributed by atoms with Crippen LogP contribution in [0.25, 0.3) is 16.6 Å². The number of para-hydroxylation sites is 1. The third kappa shape index (κ3) is 1.65. The Hall–Kier alpha value is -3.07. The minimum Gasteiger partial charge on any atom is -0.382 e. The lowest BCUT2D eigenvalue weighted by Crippen LogP contribution is -2.10. The number of nitriles is 1. The smallest absolute Gasteiger partial charge is 0.250 e. The van der Waals surface area contributed by atoms with E-state index in [1.54, 1.807) is 13.0 Å². The third-order valence-electron chi connectivity index (χ3n) is 3.16. The van der Waals surface area contributed by atoms with Crippen molar-refractivity contribution < 1.29 is 0 Å². The summed E-state index contributed by atoms with van der Waals surface area (Å²) in [4.78, 5) is 14.5. The van der Waals surface area contributed by atoms with E-state index in [1.807, 2.05) is 24.3 Å². The summed E-state index contributed by atoms with van der Waals surface area (Å²) in [7, 11) is 0. The van der Waals surface area contributed by atoms with Gasteiger partial charge < -0.3 is 10.7 Å². The van der Waals surface area contributed by atoms with Crippen molar-refractivity contribution in [2.45, 2.75) is 6.92 Å². The molecule has 0 amide bonds. The fraction of sp³-hybridized carbons (Fsp3) is 0.0714. The molecule has 1 aromatic carbocycles. The lowest BCUT2D eigenvalue weighted by atomic mass is 10.2. The van der Waals surface area contributed by atoms with Crippen LogP contribution in [-0.4, -0.2) is 14.8 Å². The molecule has 3 aromatic rings. The predicted octanol–water partition coefficient (Wildman–Crippen LogP) is 1.48. The highest BCUT2D eigenvalue weighted by atomic mass is 16.1. The standard InChI is InChI=1S/C14H11N5O/c1-8-10(7-15)14(16)19(18-8)12-6-13(20)17-11-5-3-2-4-9(11)12/h2-6H,16H2,1H3,(H,17,20). The van der Waals surface area contributed by atoms with E-state index < -0.39 is 0 Å². The molecule has 0 bridgehead atoms. The van der Waals surface area contributed by atoms with Crippen molar-refractivity contribution >= 4 is 16.7 Å². The average Bonchev–Trinajstić information content (AvgIpc) is 2.72. The number of fused-ring (bicyclic) bond motifs is 1. The normalized spacial score (nSPS) is 10.6. The highest BCUT2D eigenvalue weighted by molar-refractivity contribution is 5.87. The highest BCUT2D eigenvalue weighted by Crippen LogP contribution is 2.24. The molecule has 0 saturated carbocycles. The average molecular weight is 265 g/mol. The van der Waals surface area contributed by atoms with Gasteiger partial charge in [0.1, 0.15) is 17.5 Å². The van der Waals surface area contributed by atoms with Gasteiger partial charge in [0.2, 0.25) is 0 Å². The number of hydrogen-bond donors (Lipinski definition) is 2. The van der Waals surface area contributed by atoms with Gasteiger partial charge in [-0.3, -0.25) is 4.79 Å². The van der Waals surface area contributed by atoms with E-state index in [-0.39, 0.29) is 11.4 Å². The van der Waals surface area contributed by atoms with Gasteiger partial charge in [0.05, 0.1) is 16.9 Å². The molecule has 0 aliphatic heterocycles. The summed E-state index contributed by atoms with van der Waals surface area (Å²) in [5.41, 5.74) is 7.83. The lowest BCUT2D eigenvalue weighted by molar-refractivity contribution is 0.875. The van der Waals surface area contributed by atoms with Crippen molar-refractivity contribution in [3.8, 4) is 11.8 Å². The first kappa shape index (κ1) is 12.0. The zero-order valence-corrected chi connectivity index (χ0v) is 10.7. The van der Waals surface area contributed by atoms with Crippen LogP contribution in [0, 0.1) is 18.3 Å². The fourth-order valence-electron chi connectivity index (χ4n) is 2.23. The molecule has 6 nitrogen and oxygen atoms in total. The van der Waals surface area contributed by atoms with Crippen LogP contribution < -0.4 is 11.3 Å². The minimum atomic E-state index is -0.246. The summed E-state index contributed by atoms with van der Waals surface area (Å²) in [5.74, 6) is 0.237. The minimum absolute atomic E-state index is 0.237. The molecule has 0 unspecified atom stereocenters. The van der Waals surface area contributed by atoms with E-state index >= 15 is 0 Å². The van der Waals surface area contributed by atoms with E-state index in [0.717, 1.165) is 5.39 Å². The van der Waals surface area contributed by atoms with Crippen molar-refractivity contribution in [3.63, 3.8) is 0 Å². The number of nitrogens with zero attached hydrogens (tertiary/aromatic N) is 3. The van der Waals surface area contributed by atoms with Gasteiger partial charge in [-0.25, -0.2) is 4.68 Å². The van der Waals surface area contributed by atoms with Gasteiger partial charge in [-0.05, 0) is 13.0 Å². The van der Waals surface area contributed by atoms with Crippen LogP contribution in [0.1, 0.15) is 11.3 Å². The molecule has 2 aromatic heterocycles. The second-order valence-electron chi connectivity index (χ2n) is 4.43. The van der Waals surface area contributed by atoms with Gasteiger partial charge in [0.25, 0.3) is 5.56 Å². The Morgan fingerprint density at radius 2 is 2.15 bits per heavy atom. The Morgan fingerprint density at radius 3 is 2.85 bits per heavy atom. The Bertz CT molecular complexity index is 913. The monoisotopic (exact) mass is 265 g/mol. The maximum absolute atomic E-state index is 11.7. The van der Waals surface area contributed by atoms with Gasteiger partial charge in [-0.2, -0.15) is 10.4 Å². The molecule has 0 fully saturated rings. The van der Waals surface area contributed by atoms with E-state index in [1.165, 1.54) is 10.7 Å². The summed E-state index contributed by atoms with van der Waals surface area (Å²) < 4.78 is 1.44. The van der Waals surface area contributed by atoms with E-state index in [2.05, 4.69) is 10.1 Å². The predicted molar refractivity (Wildman–Crippen MR) is 75.6 cm³/mol. The Labute approximate surface area is 114 Å². The molecule has 0 spiro atoms. The van der Waals surface area contributed by atoms with Crippen LogP contribution in [-0.2, 0) is 0 Å². The van der Waals surface area contributed by atoms with Crippen molar-refractivity contribution in [1.82, 2.24) is 14.8 Å². The number of nitrogens with one attached hydrogen (secondary N) is 1. The number of aromatic nitrogens is 3. The topological polar surface area (TPSA) is 100 Å². The zero-order chi connectivity index (χ0) is 14.3. The number of nitrogens with two attached hydrogens (primary N) is 1. The Kier molecular flexibility index (Phi) is 2.54. The molecule has 3 N–H and O–H groups in total. The van der Waals surface area contributed by atoms with Crippen LogP contribution in [0.2, 0.25) is 0 Å². The number of nitrogen functional groups attached to an aromatic ring is 1. The number of benzene rings is 1. The first-order valence-corrected chi connectivity index (χ1v) is 5.99. The molecule has 0 aliphatic carbocycles. The van der Waals surface area contributed by atoms with Crippen LogP contribution in [0.15, 0.2) is 35.1 Å². The number of rotatable bonds is 1. The molecule has 0 radical (unpaired) electrons. The summed E-state index contributed by atoms with van der Waals surface area (Å²) in [6.07, 6.45) is 0. The molecule has 6 heteroatoms. The molecule has 20 heavy (non-hydrogen) atoms. The van der Waals surface area contributed by atoms with Crippen molar-refractivity contribution in [2.24, 2.45) is 0 Å². The van der Waals surface area contributed by atoms with Crippen LogP contribution in [0.3, 0.4) is 0 Å². The van der Waals surface area contributed by atoms with Crippen molar-refractivity contribution in [2.75, 3.05) is 5.73 Å². The van der Waals surface area contributed by atoms with Crippen molar-refractivity contribution in [1.29, 1.82) is 5.26 Å². The first-order valence-electron chi connectivity index (χ1n) is 5.99. The SMILES string of the molecule is Cc1nn(-c2cc(=O)[nH]c3ccccc23)c(N)c1C#N. The van der Waals surface area contributed by atoms with Crippen LogP contribution >= 0.6 is 0 Å². The number of hydrogen-bond acceptors (Lipinski definition) is 4. The molecule has 2 heterocycles. The summed E-state index contributed by atoms with van der Waals surface area (Å²) >= 11 is 0. The van der Waals surface area contributed by atoms with Gasteiger partial charge in [0, 0.05) is 11.5 Å². The maximum atomic E-state index is 11.7. The molecular formula is C14H11N5O. The molecule has 3 rings (SSSR count). The van der Waals surface area contributed by atoms with E-state index in [4.69, 9.17) is 11.0 Å². The first-order chi connectivity index (χ1) is 9.61. The second-order valence-corrected chi connectivity index (χ2v) is 4.43. The maximum Gasteiger partial charge on any atom is 0.250 e. The molecule has 98 valence electrons. The summed E-state index contributed by atoms with van der Waals surface area (Å²) in [6, 6.07) is 10.8. The van der Waals surface area contributed by atoms with Gasteiger partial charge in [0.15, 0.2) is 0 Å². The zero-order valence-electron chi connectivity index (χ0n) is 10.7. The number of aryl methyl sites for hydroxylation is 1. The summed E-state index contributed by atoms with van der Waals surface area (Å²) in [6.45, 7) is 1.71. The quantitative estimate of drug-likeness (QED) is 0.695. The number of aromatic amines is 1. The van der Waals surface area contributed by atoms with Crippen molar-refractivity contribution in [3.05, 3.63) is 51.9 Å². The fourth-order valence-corrected chi connectivity index (χ4v) is 2.23. The Balaban J connectivity index is 2.41. The number of H-pyrrole nitrogens is 1. The second kappa shape index (κ2) is 4.24. The van der Waals surface area contributed by atoms with Gasteiger partial charge in [-0.15, -0.1) is 0 Å². The van der Waals surface area contributed by atoms with Crippen LogP contribution in [0.4, 0.5) is 5.82 Å². The molecule has 0 saturated heterocycles. The number of anilines is 1. The third-order valence-corrected chi connectivity index (χ3v) is 3.16. The lowest BCUT2D eigenvalue weighted by Gasteiger charge is -2.07. The summed E-state index contributed by atoms with van der Waals surface area (Å²) in [5, 5.41) is 14.1. The van der Waals surface area contributed by atoms with Crippen LogP contribution in [0.5, 0.6) is 0 Å². The van der Waals surface area contributed by atoms with E-state index in [9.17, 15) is 4.79 Å². The molecule has 0 aliphatic rings. The van der Waals surface area contributed by atoms with Gasteiger partial charge in [-0.1, -0.05) is 18.2 Å². The molecule has 0 atom stereocenters. The largest absolute Gasteiger partial charge is 0.382 e. The van der Waals surface area contributed by atoms with E-state index in [0.29, 0.717) is 22.5 Å². The van der Waals surface area contributed by atoms with Gasteiger partial charge >= 0.3 is 0 Å². The molecular weight excluding hydrogens is 254 g/mol. The number of pyridine rings is 1.